The smallest absolute Gasteiger partial charge is 0.226 e. The van der Waals surface area contributed by atoms with Crippen LogP contribution in [0.1, 0.15) is 17.5 Å². The average Bonchev–Trinajstić information content (AvgIpc) is 3.30. The van der Waals surface area contributed by atoms with Crippen molar-refractivity contribution >= 4 is 41.3 Å². The number of hydrogen-bond donors (Lipinski definition) is 2. The molecule has 7 heteroatoms. The Hall–Kier alpha value is -1.87. The van der Waals surface area contributed by atoms with Gasteiger partial charge in [-0.2, -0.15) is 0 Å². The Balaban J connectivity index is 0.00000225. The van der Waals surface area contributed by atoms with E-state index in [1.54, 1.807) is 17.6 Å². The molecule has 1 aromatic carbocycles. The maximum atomic E-state index is 5.54. The molecular weight excluding hydrogens is 447 g/mol. The van der Waals surface area contributed by atoms with Crippen LogP contribution in [0.5, 0.6) is 0 Å². The van der Waals surface area contributed by atoms with Crippen molar-refractivity contribution in [3.05, 3.63) is 64.7 Å². The monoisotopic (exact) mass is 468 g/mol. The third-order valence-electron chi connectivity index (χ3n) is 3.33. The molecule has 5 nitrogen and oxygen atoms in total. The molecule has 0 saturated heterocycles. The van der Waals surface area contributed by atoms with Gasteiger partial charge in [-0.15, -0.1) is 35.3 Å². The minimum Gasteiger partial charge on any atom is -0.444 e. The fraction of sp³-hybridized carbons (Fsp3) is 0.222. The molecule has 2 heterocycles. The molecule has 3 aromatic rings. The van der Waals surface area contributed by atoms with E-state index in [9.17, 15) is 0 Å². The van der Waals surface area contributed by atoms with Crippen molar-refractivity contribution < 1.29 is 4.42 Å². The van der Waals surface area contributed by atoms with Crippen LogP contribution in [0.3, 0.4) is 0 Å². The molecule has 25 heavy (non-hydrogen) atoms. The van der Waals surface area contributed by atoms with Crippen LogP contribution in [0, 0.1) is 0 Å². The van der Waals surface area contributed by atoms with Crippen molar-refractivity contribution in [3.63, 3.8) is 0 Å². The number of benzene rings is 1. The zero-order chi connectivity index (χ0) is 16.6. The van der Waals surface area contributed by atoms with Crippen LogP contribution in [-0.4, -0.2) is 17.5 Å². The standard InChI is InChI=1S/C18H20N4OS.HI/c1-2-19-18(21-12-16-9-6-10-24-16)20-11-15-13-23-17(22-15)14-7-4-3-5-8-14;/h3-10,13H,2,11-12H2,1H3,(H2,19,20,21);1H. The lowest BCUT2D eigenvalue weighted by Gasteiger charge is -2.09. The highest BCUT2D eigenvalue weighted by Gasteiger charge is 2.06. The van der Waals surface area contributed by atoms with Gasteiger partial charge in [-0.3, -0.25) is 0 Å². The average molecular weight is 468 g/mol. The van der Waals surface area contributed by atoms with E-state index in [-0.39, 0.29) is 24.0 Å². The molecule has 0 aliphatic rings. The molecule has 0 fully saturated rings. The normalized spacial score (nSPS) is 11.0. The van der Waals surface area contributed by atoms with Gasteiger partial charge in [-0.1, -0.05) is 24.3 Å². The molecule has 2 aromatic heterocycles. The molecule has 2 N–H and O–H groups in total. The first-order chi connectivity index (χ1) is 11.8. The van der Waals surface area contributed by atoms with Crippen LogP contribution in [0.2, 0.25) is 0 Å². The minimum atomic E-state index is 0. The molecule has 0 bridgehead atoms. The largest absolute Gasteiger partial charge is 0.444 e. The maximum absolute atomic E-state index is 5.54. The van der Waals surface area contributed by atoms with Crippen LogP contribution in [0.15, 0.2) is 63.5 Å². The summed E-state index contributed by atoms with van der Waals surface area (Å²) in [7, 11) is 0. The number of nitrogens with one attached hydrogen (secondary N) is 2. The zero-order valence-corrected chi connectivity index (χ0v) is 17.1. The molecule has 0 amide bonds. The summed E-state index contributed by atoms with van der Waals surface area (Å²) in [5.41, 5.74) is 1.78. The Labute approximate surface area is 168 Å². The number of aromatic nitrogens is 1. The lowest BCUT2D eigenvalue weighted by atomic mass is 10.2. The highest BCUT2D eigenvalue weighted by molar-refractivity contribution is 14.0. The quantitative estimate of drug-likeness (QED) is 0.322. The lowest BCUT2D eigenvalue weighted by Crippen LogP contribution is -2.36. The second-order valence-corrected chi connectivity index (χ2v) is 6.17. The number of hydrogen-bond acceptors (Lipinski definition) is 4. The Morgan fingerprint density at radius 2 is 2.00 bits per heavy atom. The Bertz CT molecular complexity index is 771. The Morgan fingerprint density at radius 1 is 1.16 bits per heavy atom. The minimum absolute atomic E-state index is 0. The van der Waals surface area contributed by atoms with Gasteiger partial charge < -0.3 is 15.1 Å². The highest BCUT2D eigenvalue weighted by atomic mass is 127. The summed E-state index contributed by atoms with van der Waals surface area (Å²) < 4.78 is 5.54. The number of thiophene rings is 1. The fourth-order valence-electron chi connectivity index (χ4n) is 2.18. The second-order valence-electron chi connectivity index (χ2n) is 5.14. The molecule has 0 aliphatic carbocycles. The van der Waals surface area contributed by atoms with Crippen molar-refractivity contribution in [2.45, 2.75) is 20.0 Å². The van der Waals surface area contributed by atoms with Gasteiger partial charge in [0.2, 0.25) is 5.89 Å². The van der Waals surface area contributed by atoms with Crippen molar-refractivity contribution in [1.82, 2.24) is 15.6 Å². The van der Waals surface area contributed by atoms with Gasteiger partial charge in [0.1, 0.15) is 12.0 Å². The van der Waals surface area contributed by atoms with Crippen LogP contribution in [-0.2, 0) is 13.1 Å². The summed E-state index contributed by atoms with van der Waals surface area (Å²) in [6, 6.07) is 14.0. The zero-order valence-electron chi connectivity index (χ0n) is 13.9. The molecule has 0 atom stereocenters. The van der Waals surface area contributed by atoms with Crippen molar-refractivity contribution in [3.8, 4) is 11.5 Å². The fourth-order valence-corrected chi connectivity index (χ4v) is 2.82. The first-order valence-electron chi connectivity index (χ1n) is 7.89. The third-order valence-corrected chi connectivity index (χ3v) is 4.20. The van der Waals surface area contributed by atoms with E-state index in [0.29, 0.717) is 12.4 Å². The first kappa shape index (κ1) is 19.5. The molecule has 0 unspecified atom stereocenters. The Morgan fingerprint density at radius 3 is 2.72 bits per heavy atom. The van der Waals surface area contributed by atoms with Crippen LogP contribution in [0.4, 0.5) is 0 Å². The van der Waals surface area contributed by atoms with Gasteiger partial charge in [0.15, 0.2) is 5.96 Å². The van der Waals surface area contributed by atoms with Gasteiger partial charge in [-0.25, -0.2) is 9.98 Å². The number of nitrogens with zero attached hydrogens (tertiary/aromatic N) is 2. The van der Waals surface area contributed by atoms with Crippen LogP contribution < -0.4 is 10.6 Å². The van der Waals surface area contributed by atoms with E-state index in [1.807, 2.05) is 43.3 Å². The summed E-state index contributed by atoms with van der Waals surface area (Å²) in [6.07, 6.45) is 1.66. The van der Waals surface area contributed by atoms with E-state index in [1.165, 1.54) is 4.88 Å². The first-order valence-corrected chi connectivity index (χ1v) is 8.77. The number of halogens is 1. The van der Waals surface area contributed by atoms with Gasteiger partial charge in [0.05, 0.1) is 13.1 Å². The van der Waals surface area contributed by atoms with Crippen molar-refractivity contribution in [2.24, 2.45) is 4.99 Å². The van der Waals surface area contributed by atoms with Crippen LogP contribution in [0.25, 0.3) is 11.5 Å². The molecule has 3 rings (SSSR count). The maximum Gasteiger partial charge on any atom is 0.226 e. The third kappa shape index (κ3) is 5.86. The number of rotatable bonds is 6. The number of aliphatic imine (C=N–C) groups is 1. The van der Waals surface area contributed by atoms with Crippen molar-refractivity contribution in [1.29, 1.82) is 0 Å². The molecule has 0 spiro atoms. The predicted octanol–water partition coefficient (Wildman–Crippen LogP) is 4.28. The summed E-state index contributed by atoms with van der Waals surface area (Å²) in [5.74, 6) is 1.40. The molecule has 132 valence electrons. The highest BCUT2D eigenvalue weighted by Crippen LogP contribution is 2.18. The predicted molar refractivity (Wildman–Crippen MR) is 113 cm³/mol. The van der Waals surface area contributed by atoms with Gasteiger partial charge in [-0.05, 0) is 30.5 Å². The molecule has 0 radical (unpaired) electrons. The summed E-state index contributed by atoms with van der Waals surface area (Å²) in [6.45, 7) is 4.09. The van der Waals surface area contributed by atoms with E-state index >= 15 is 0 Å². The summed E-state index contributed by atoms with van der Waals surface area (Å²) in [4.78, 5) is 10.3. The summed E-state index contributed by atoms with van der Waals surface area (Å²) in [5, 5.41) is 8.63. The van der Waals surface area contributed by atoms with Gasteiger partial charge in [0, 0.05) is 17.0 Å². The van der Waals surface area contributed by atoms with Crippen molar-refractivity contribution in [2.75, 3.05) is 6.54 Å². The second kappa shape index (κ2) is 10.2. The topological polar surface area (TPSA) is 62.5 Å². The van der Waals surface area contributed by atoms with E-state index in [4.69, 9.17) is 4.42 Å². The molecular formula is C18H21IN4OS. The molecule has 0 saturated carbocycles. The van der Waals surface area contributed by atoms with E-state index < -0.39 is 0 Å². The SMILES string of the molecule is CCNC(=NCc1coc(-c2ccccc2)n1)NCc1cccs1.I. The lowest BCUT2D eigenvalue weighted by molar-refractivity contribution is 0.572. The number of guanidine groups is 1. The van der Waals surface area contributed by atoms with E-state index in [2.05, 4.69) is 32.1 Å². The van der Waals surface area contributed by atoms with Gasteiger partial charge in [0.25, 0.3) is 0 Å². The van der Waals surface area contributed by atoms with Gasteiger partial charge >= 0.3 is 0 Å². The van der Waals surface area contributed by atoms with Crippen LogP contribution >= 0.6 is 35.3 Å². The molecule has 0 aliphatic heterocycles. The summed E-state index contributed by atoms with van der Waals surface area (Å²) >= 11 is 1.73. The number of oxazole rings is 1. The van der Waals surface area contributed by atoms with E-state index in [0.717, 1.165) is 30.3 Å². The Kier molecular flexibility index (Phi) is 7.93.